The molecule has 3 saturated heterocycles. The maximum absolute atomic E-state index is 13.9. The fourth-order valence-corrected chi connectivity index (χ4v) is 6.05. The van der Waals surface area contributed by atoms with Crippen LogP contribution in [0.4, 0.5) is 0 Å². The standard InChI is InChI=1S/C26H40N2O6/c1-6-8-9-10-17-33-24(32)20-19-22(30)28(15-11-16-29)21(23(31)27(14-7-2)18(3)4)26(19)13-12-25(20,5)34-26/h6-7,18-21,29H,1-2,8-17H2,3-5H3/t19-,20+,21?,25-,26?/m0/s1. The number of aliphatic hydroxyl groups is 1. The zero-order chi connectivity index (χ0) is 25.1. The Morgan fingerprint density at radius 1 is 1.26 bits per heavy atom. The Hall–Kier alpha value is -2.19. The summed E-state index contributed by atoms with van der Waals surface area (Å²) in [5.41, 5.74) is -1.92. The number of likely N-dealkylation sites (tertiary alicyclic amines) is 1. The molecule has 3 aliphatic rings. The van der Waals surface area contributed by atoms with E-state index in [4.69, 9.17) is 9.47 Å². The van der Waals surface area contributed by atoms with E-state index >= 15 is 0 Å². The molecule has 5 atom stereocenters. The van der Waals surface area contributed by atoms with Gasteiger partial charge in [0.05, 0.1) is 18.1 Å². The maximum atomic E-state index is 13.9. The fourth-order valence-electron chi connectivity index (χ4n) is 6.05. The van der Waals surface area contributed by atoms with E-state index in [0.717, 1.165) is 19.3 Å². The number of esters is 1. The Balaban J connectivity index is 1.93. The second kappa shape index (κ2) is 10.6. The van der Waals surface area contributed by atoms with Crippen LogP contribution >= 0.6 is 0 Å². The van der Waals surface area contributed by atoms with Gasteiger partial charge in [0, 0.05) is 25.7 Å². The van der Waals surface area contributed by atoms with E-state index in [1.54, 1.807) is 11.0 Å². The van der Waals surface area contributed by atoms with Gasteiger partial charge in [-0.3, -0.25) is 14.4 Å². The van der Waals surface area contributed by atoms with E-state index in [9.17, 15) is 19.5 Å². The summed E-state index contributed by atoms with van der Waals surface area (Å²) in [6.45, 7) is 13.9. The van der Waals surface area contributed by atoms with Gasteiger partial charge in [-0.2, -0.15) is 0 Å². The molecular formula is C26H40N2O6. The quantitative estimate of drug-likeness (QED) is 0.249. The van der Waals surface area contributed by atoms with Crippen molar-refractivity contribution in [2.75, 3.05) is 26.3 Å². The monoisotopic (exact) mass is 476 g/mol. The highest BCUT2D eigenvalue weighted by Crippen LogP contribution is 2.63. The van der Waals surface area contributed by atoms with Crippen molar-refractivity contribution in [2.45, 2.75) is 82.6 Å². The normalized spacial score (nSPS) is 31.6. The predicted molar refractivity (Wildman–Crippen MR) is 128 cm³/mol. The van der Waals surface area contributed by atoms with E-state index in [2.05, 4.69) is 13.2 Å². The number of ether oxygens (including phenoxy) is 2. The molecule has 2 bridgehead atoms. The third-order valence-electron chi connectivity index (χ3n) is 7.60. The summed E-state index contributed by atoms with van der Waals surface area (Å²) in [5.74, 6) is -2.41. The second-order valence-electron chi connectivity index (χ2n) is 10.2. The molecule has 0 aromatic rings. The van der Waals surface area contributed by atoms with Crippen LogP contribution in [0.2, 0.25) is 0 Å². The molecule has 3 heterocycles. The van der Waals surface area contributed by atoms with Crippen molar-refractivity contribution in [1.29, 1.82) is 0 Å². The summed E-state index contributed by atoms with van der Waals surface area (Å²) in [4.78, 5) is 44.2. The van der Waals surface area contributed by atoms with Crippen LogP contribution in [-0.4, -0.2) is 82.3 Å². The summed E-state index contributed by atoms with van der Waals surface area (Å²) in [5, 5.41) is 9.43. The third-order valence-corrected chi connectivity index (χ3v) is 7.60. The smallest absolute Gasteiger partial charge is 0.312 e. The minimum atomic E-state index is -1.07. The van der Waals surface area contributed by atoms with Crippen LogP contribution in [-0.2, 0) is 23.9 Å². The van der Waals surface area contributed by atoms with Crippen LogP contribution < -0.4 is 0 Å². The van der Waals surface area contributed by atoms with Crippen molar-refractivity contribution in [2.24, 2.45) is 11.8 Å². The van der Waals surface area contributed by atoms with E-state index in [0.29, 0.717) is 25.8 Å². The number of fused-ring (bicyclic) bond motifs is 1. The van der Waals surface area contributed by atoms with Crippen LogP contribution in [0.15, 0.2) is 25.3 Å². The molecule has 0 aromatic heterocycles. The number of aliphatic hydroxyl groups excluding tert-OH is 1. The predicted octanol–water partition coefficient (Wildman–Crippen LogP) is 2.46. The molecule has 2 amide bonds. The third kappa shape index (κ3) is 4.42. The first kappa shape index (κ1) is 26.4. The highest BCUT2D eigenvalue weighted by atomic mass is 16.6. The Morgan fingerprint density at radius 3 is 2.62 bits per heavy atom. The van der Waals surface area contributed by atoms with Crippen molar-refractivity contribution >= 4 is 17.8 Å². The summed E-state index contributed by atoms with van der Waals surface area (Å²) in [7, 11) is 0. The molecule has 1 spiro atoms. The summed E-state index contributed by atoms with van der Waals surface area (Å²) in [6, 6.07) is -0.938. The van der Waals surface area contributed by atoms with Gasteiger partial charge in [-0.1, -0.05) is 12.2 Å². The molecule has 2 unspecified atom stereocenters. The molecule has 0 radical (unpaired) electrons. The maximum Gasteiger partial charge on any atom is 0.312 e. The summed E-state index contributed by atoms with van der Waals surface area (Å²) >= 11 is 0. The van der Waals surface area contributed by atoms with Crippen LogP contribution in [0.1, 0.15) is 59.3 Å². The molecule has 0 aliphatic carbocycles. The van der Waals surface area contributed by atoms with Crippen molar-refractivity contribution in [3.8, 4) is 0 Å². The summed E-state index contributed by atoms with van der Waals surface area (Å²) < 4.78 is 12.2. The molecule has 1 N–H and O–H groups in total. The number of carbonyl (C=O) groups is 3. The van der Waals surface area contributed by atoms with Gasteiger partial charge in [0.1, 0.15) is 17.6 Å². The highest BCUT2D eigenvalue weighted by Gasteiger charge is 2.78. The molecule has 8 nitrogen and oxygen atoms in total. The molecule has 3 fully saturated rings. The van der Waals surface area contributed by atoms with Gasteiger partial charge in [-0.15, -0.1) is 13.2 Å². The number of allylic oxidation sites excluding steroid dienone is 1. The van der Waals surface area contributed by atoms with E-state index in [-0.39, 0.29) is 37.6 Å². The molecule has 0 saturated carbocycles. The van der Waals surface area contributed by atoms with Crippen molar-refractivity contribution in [1.82, 2.24) is 9.80 Å². The fraction of sp³-hybridized carbons (Fsp3) is 0.731. The Bertz CT molecular complexity index is 813. The SMILES string of the molecule is C=CCCCCOC(=O)[C@H]1[C@H]2C(=O)N(CCCO)C(C(=O)N(CC=C)C(C)C)C23CC[C@]1(C)O3. The second-order valence-corrected chi connectivity index (χ2v) is 10.2. The largest absolute Gasteiger partial charge is 0.465 e. The number of unbranched alkanes of at least 4 members (excludes halogenated alkanes) is 2. The van der Waals surface area contributed by atoms with Gasteiger partial charge in [0.2, 0.25) is 11.8 Å². The topological polar surface area (TPSA) is 96.4 Å². The average molecular weight is 477 g/mol. The van der Waals surface area contributed by atoms with E-state index < -0.39 is 35.0 Å². The zero-order valence-corrected chi connectivity index (χ0v) is 20.8. The number of amides is 2. The van der Waals surface area contributed by atoms with Crippen LogP contribution in [0.5, 0.6) is 0 Å². The first-order valence-corrected chi connectivity index (χ1v) is 12.5. The number of carbonyl (C=O) groups excluding carboxylic acids is 3. The Kier molecular flexibility index (Phi) is 8.24. The first-order chi connectivity index (χ1) is 16.2. The lowest BCUT2D eigenvalue weighted by atomic mass is 9.66. The van der Waals surface area contributed by atoms with Crippen molar-refractivity contribution < 1.29 is 29.0 Å². The van der Waals surface area contributed by atoms with Crippen molar-refractivity contribution in [3.05, 3.63) is 25.3 Å². The Morgan fingerprint density at radius 2 is 2.00 bits per heavy atom. The van der Waals surface area contributed by atoms with Crippen LogP contribution in [0, 0.1) is 11.8 Å². The van der Waals surface area contributed by atoms with Crippen LogP contribution in [0.25, 0.3) is 0 Å². The average Bonchev–Trinajstić information content (AvgIpc) is 3.36. The number of hydrogen-bond donors (Lipinski definition) is 1. The van der Waals surface area contributed by atoms with Crippen LogP contribution in [0.3, 0.4) is 0 Å². The van der Waals surface area contributed by atoms with E-state index in [1.807, 2.05) is 26.8 Å². The molecule has 0 aromatic carbocycles. The first-order valence-electron chi connectivity index (χ1n) is 12.5. The van der Waals surface area contributed by atoms with Gasteiger partial charge < -0.3 is 24.4 Å². The molecule has 3 aliphatic heterocycles. The number of rotatable bonds is 13. The van der Waals surface area contributed by atoms with E-state index in [1.165, 1.54) is 4.90 Å². The minimum Gasteiger partial charge on any atom is -0.465 e. The van der Waals surface area contributed by atoms with Gasteiger partial charge >= 0.3 is 5.97 Å². The minimum absolute atomic E-state index is 0.0961. The molecule has 190 valence electrons. The van der Waals surface area contributed by atoms with Gasteiger partial charge in [-0.05, 0) is 59.3 Å². The molecule has 8 heteroatoms. The van der Waals surface area contributed by atoms with Gasteiger partial charge in [-0.25, -0.2) is 0 Å². The lowest BCUT2D eigenvalue weighted by molar-refractivity contribution is -0.160. The highest BCUT2D eigenvalue weighted by molar-refractivity contribution is 5.98. The molecule has 34 heavy (non-hydrogen) atoms. The lowest BCUT2D eigenvalue weighted by Gasteiger charge is -2.38. The van der Waals surface area contributed by atoms with Gasteiger partial charge in [0.25, 0.3) is 0 Å². The molecular weight excluding hydrogens is 436 g/mol. The number of nitrogens with zero attached hydrogens (tertiary/aromatic N) is 2. The van der Waals surface area contributed by atoms with Gasteiger partial charge in [0.15, 0.2) is 0 Å². The Labute approximate surface area is 202 Å². The zero-order valence-electron chi connectivity index (χ0n) is 20.8. The molecule has 3 rings (SSSR count). The van der Waals surface area contributed by atoms with Crippen molar-refractivity contribution in [3.63, 3.8) is 0 Å². The number of hydrogen-bond acceptors (Lipinski definition) is 6. The summed E-state index contributed by atoms with van der Waals surface area (Å²) in [6.07, 6.45) is 7.40. The lowest BCUT2D eigenvalue weighted by Crippen LogP contribution is -2.57.